The van der Waals surface area contributed by atoms with Crippen LogP contribution in [0.25, 0.3) is 0 Å². The first-order chi connectivity index (χ1) is 9.06. The van der Waals surface area contributed by atoms with Crippen molar-refractivity contribution < 1.29 is 9.31 Å². The molecule has 7 heteroatoms. The minimum absolute atomic E-state index is 0.434. The summed E-state index contributed by atoms with van der Waals surface area (Å²) in [6.45, 7) is 1.04. The van der Waals surface area contributed by atoms with E-state index in [1.54, 1.807) is 10.9 Å². The first kappa shape index (κ1) is 13.2. The van der Waals surface area contributed by atoms with Gasteiger partial charge in [0.2, 0.25) is 5.82 Å². The molecule has 0 amide bonds. The van der Waals surface area contributed by atoms with Crippen LogP contribution in [-0.2, 0) is 20.1 Å². The molecule has 6 nitrogen and oxygen atoms in total. The van der Waals surface area contributed by atoms with Gasteiger partial charge in [-0.3, -0.25) is 14.8 Å². The molecule has 1 heterocycles. The molecule has 0 aliphatic carbocycles. The average Bonchev–Trinajstić information content (AvgIpc) is 2.75. The highest BCUT2D eigenvalue weighted by Crippen LogP contribution is 2.17. The van der Waals surface area contributed by atoms with E-state index in [4.69, 9.17) is 0 Å². The van der Waals surface area contributed by atoms with Crippen molar-refractivity contribution in [2.75, 3.05) is 0 Å². The van der Waals surface area contributed by atoms with Gasteiger partial charge < -0.3 is 5.32 Å². The van der Waals surface area contributed by atoms with Gasteiger partial charge in [0.05, 0.1) is 11.1 Å². The van der Waals surface area contributed by atoms with Crippen LogP contribution in [0, 0.1) is 15.9 Å². The summed E-state index contributed by atoms with van der Waals surface area (Å²) in [6, 6.07) is 3.89. The molecular formula is C12H13FN4O2. The van der Waals surface area contributed by atoms with E-state index in [1.807, 2.05) is 13.2 Å². The molecule has 2 rings (SSSR count). The minimum atomic E-state index is -0.814. The van der Waals surface area contributed by atoms with E-state index in [0.29, 0.717) is 18.7 Å². The fourth-order valence-electron chi connectivity index (χ4n) is 1.72. The maximum Gasteiger partial charge on any atom is 0.304 e. The van der Waals surface area contributed by atoms with Gasteiger partial charge in [0.25, 0.3) is 0 Å². The predicted molar refractivity (Wildman–Crippen MR) is 66.8 cm³/mol. The van der Waals surface area contributed by atoms with E-state index in [-0.39, 0.29) is 0 Å². The number of nitro groups is 1. The third kappa shape index (κ3) is 3.35. The van der Waals surface area contributed by atoms with Crippen LogP contribution in [0.3, 0.4) is 0 Å². The van der Waals surface area contributed by atoms with Crippen LogP contribution in [0.5, 0.6) is 0 Å². The Labute approximate surface area is 109 Å². The van der Waals surface area contributed by atoms with E-state index in [0.717, 1.165) is 5.56 Å². The Balaban J connectivity index is 1.93. The number of aromatic nitrogens is 2. The maximum atomic E-state index is 13.4. The van der Waals surface area contributed by atoms with Gasteiger partial charge in [-0.05, 0) is 11.6 Å². The fourth-order valence-corrected chi connectivity index (χ4v) is 1.72. The smallest absolute Gasteiger partial charge is 0.304 e. The normalized spacial score (nSPS) is 10.6. The Morgan fingerprint density at radius 2 is 2.16 bits per heavy atom. The van der Waals surface area contributed by atoms with Crippen molar-refractivity contribution in [3.8, 4) is 0 Å². The monoisotopic (exact) mass is 264 g/mol. The minimum Gasteiger partial charge on any atom is -0.309 e. The van der Waals surface area contributed by atoms with Crippen molar-refractivity contribution in [2.24, 2.45) is 7.05 Å². The number of aryl methyl sites for hydroxylation is 1. The molecule has 0 bridgehead atoms. The van der Waals surface area contributed by atoms with Crippen LogP contribution in [-0.4, -0.2) is 14.7 Å². The molecule has 0 atom stereocenters. The van der Waals surface area contributed by atoms with Crippen molar-refractivity contribution in [3.63, 3.8) is 0 Å². The van der Waals surface area contributed by atoms with Crippen molar-refractivity contribution in [1.82, 2.24) is 15.1 Å². The lowest BCUT2D eigenvalue weighted by atomic mass is 10.2. The summed E-state index contributed by atoms with van der Waals surface area (Å²) in [6.07, 6.45) is 3.62. The fraction of sp³-hybridized carbons (Fsp3) is 0.250. The largest absolute Gasteiger partial charge is 0.309 e. The van der Waals surface area contributed by atoms with Crippen molar-refractivity contribution in [2.45, 2.75) is 13.1 Å². The van der Waals surface area contributed by atoms with Crippen LogP contribution in [0.4, 0.5) is 10.1 Å². The summed E-state index contributed by atoms with van der Waals surface area (Å²) >= 11 is 0. The molecule has 0 aliphatic heterocycles. The third-order valence-corrected chi connectivity index (χ3v) is 2.63. The number of hydrogen-bond acceptors (Lipinski definition) is 4. The first-order valence-electron chi connectivity index (χ1n) is 5.67. The second-order valence-electron chi connectivity index (χ2n) is 4.17. The Kier molecular flexibility index (Phi) is 3.86. The van der Waals surface area contributed by atoms with Gasteiger partial charge in [0.15, 0.2) is 0 Å². The summed E-state index contributed by atoms with van der Waals surface area (Å²) in [4.78, 5) is 9.74. The Bertz CT molecular complexity index is 597. The molecular weight excluding hydrogens is 251 g/mol. The molecule has 1 N–H and O–H groups in total. The van der Waals surface area contributed by atoms with E-state index >= 15 is 0 Å². The van der Waals surface area contributed by atoms with Crippen molar-refractivity contribution >= 4 is 5.69 Å². The number of rotatable bonds is 5. The van der Waals surface area contributed by atoms with Gasteiger partial charge in [-0.1, -0.05) is 6.07 Å². The summed E-state index contributed by atoms with van der Waals surface area (Å²) in [5, 5.41) is 17.6. The Morgan fingerprint density at radius 1 is 1.42 bits per heavy atom. The number of nitro benzene ring substituents is 1. The highest BCUT2D eigenvalue weighted by atomic mass is 19.1. The van der Waals surface area contributed by atoms with Crippen LogP contribution in [0.15, 0.2) is 30.6 Å². The molecule has 0 saturated heterocycles. The summed E-state index contributed by atoms with van der Waals surface area (Å²) < 4.78 is 15.1. The molecule has 0 spiro atoms. The van der Waals surface area contributed by atoms with E-state index in [2.05, 4.69) is 10.4 Å². The summed E-state index contributed by atoms with van der Waals surface area (Å²) in [5.41, 5.74) is 1.17. The second kappa shape index (κ2) is 5.57. The van der Waals surface area contributed by atoms with Gasteiger partial charge in [-0.15, -0.1) is 0 Å². The van der Waals surface area contributed by atoms with E-state index in [1.165, 1.54) is 18.2 Å². The molecule has 1 aromatic heterocycles. The van der Waals surface area contributed by atoms with Gasteiger partial charge in [-0.2, -0.15) is 9.49 Å². The molecule has 0 fully saturated rings. The zero-order valence-corrected chi connectivity index (χ0v) is 10.3. The standard InChI is InChI=1S/C12H13FN4O2/c1-16-8-10(7-15-16)6-14-5-9-2-3-12(17(18)19)11(13)4-9/h2-4,7-8,14H,5-6H2,1H3. The quantitative estimate of drug-likeness (QED) is 0.659. The summed E-state index contributed by atoms with van der Waals surface area (Å²) in [5.74, 6) is -0.814. The van der Waals surface area contributed by atoms with Crippen molar-refractivity contribution in [1.29, 1.82) is 0 Å². The zero-order chi connectivity index (χ0) is 13.8. The zero-order valence-electron chi connectivity index (χ0n) is 10.3. The van der Waals surface area contributed by atoms with E-state index < -0.39 is 16.4 Å². The van der Waals surface area contributed by atoms with Gasteiger partial charge in [-0.25, -0.2) is 0 Å². The SMILES string of the molecule is Cn1cc(CNCc2ccc([N+](=O)[O-])c(F)c2)cn1. The van der Waals surface area contributed by atoms with Gasteiger partial charge in [0.1, 0.15) is 0 Å². The van der Waals surface area contributed by atoms with Crippen LogP contribution >= 0.6 is 0 Å². The lowest BCUT2D eigenvalue weighted by Gasteiger charge is -2.03. The average molecular weight is 264 g/mol. The van der Waals surface area contributed by atoms with Crippen LogP contribution in [0.2, 0.25) is 0 Å². The highest BCUT2D eigenvalue weighted by Gasteiger charge is 2.13. The lowest BCUT2D eigenvalue weighted by Crippen LogP contribution is -2.12. The maximum absolute atomic E-state index is 13.4. The van der Waals surface area contributed by atoms with Crippen molar-refractivity contribution in [3.05, 3.63) is 57.7 Å². The first-order valence-corrected chi connectivity index (χ1v) is 5.67. The molecule has 2 aromatic rings. The Hall–Kier alpha value is -2.28. The molecule has 0 aliphatic rings. The molecule has 100 valence electrons. The molecule has 0 unspecified atom stereocenters. The van der Waals surface area contributed by atoms with Crippen LogP contribution < -0.4 is 5.32 Å². The van der Waals surface area contributed by atoms with Crippen LogP contribution in [0.1, 0.15) is 11.1 Å². The number of benzene rings is 1. The number of halogens is 1. The van der Waals surface area contributed by atoms with Gasteiger partial charge >= 0.3 is 5.69 Å². The number of nitrogens with one attached hydrogen (secondary N) is 1. The number of nitrogens with zero attached hydrogens (tertiary/aromatic N) is 3. The topological polar surface area (TPSA) is 73.0 Å². The molecule has 1 aromatic carbocycles. The number of hydrogen-bond donors (Lipinski definition) is 1. The highest BCUT2D eigenvalue weighted by molar-refractivity contribution is 5.34. The van der Waals surface area contributed by atoms with E-state index in [9.17, 15) is 14.5 Å². The van der Waals surface area contributed by atoms with Gasteiger partial charge in [0, 0.05) is 38.0 Å². The molecule has 0 saturated carbocycles. The molecule has 19 heavy (non-hydrogen) atoms. The Morgan fingerprint density at radius 3 is 2.74 bits per heavy atom. The summed E-state index contributed by atoms with van der Waals surface area (Å²) in [7, 11) is 1.83. The second-order valence-corrected chi connectivity index (χ2v) is 4.17. The molecule has 0 radical (unpaired) electrons. The third-order valence-electron chi connectivity index (χ3n) is 2.63. The predicted octanol–water partition coefficient (Wildman–Crippen LogP) is 1.76. The lowest BCUT2D eigenvalue weighted by molar-refractivity contribution is -0.387.